The third kappa shape index (κ3) is 3.32. The zero-order valence-electron chi connectivity index (χ0n) is 9.68. The molecule has 78 valence electrons. The highest BCUT2D eigenvalue weighted by Gasteiger charge is 2.25. The lowest BCUT2D eigenvalue weighted by atomic mass is 9.72. The summed E-state index contributed by atoms with van der Waals surface area (Å²) in [6, 6.07) is 0. The van der Waals surface area contributed by atoms with Gasteiger partial charge in [0.2, 0.25) is 0 Å². The van der Waals surface area contributed by atoms with Gasteiger partial charge in [-0.1, -0.05) is 59.3 Å². The largest absolute Gasteiger partial charge is 0.0654 e. The van der Waals surface area contributed by atoms with Crippen LogP contribution in [0.4, 0.5) is 0 Å². The lowest BCUT2D eigenvalue weighted by molar-refractivity contribution is 0.177. The highest BCUT2D eigenvalue weighted by atomic mass is 14.3. The molecule has 0 N–H and O–H groups in total. The third-order valence-corrected chi connectivity index (χ3v) is 3.98. The second-order valence-corrected chi connectivity index (χ2v) is 4.97. The fraction of sp³-hybridized carbons (Fsp3) is 1.00. The van der Waals surface area contributed by atoms with Crippen molar-refractivity contribution < 1.29 is 0 Å². The van der Waals surface area contributed by atoms with Gasteiger partial charge in [-0.15, -0.1) is 0 Å². The van der Waals surface area contributed by atoms with E-state index in [-0.39, 0.29) is 0 Å². The monoisotopic (exact) mass is 182 g/mol. The van der Waals surface area contributed by atoms with Gasteiger partial charge in [0, 0.05) is 0 Å². The van der Waals surface area contributed by atoms with E-state index in [0.29, 0.717) is 0 Å². The van der Waals surface area contributed by atoms with Crippen LogP contribution in [0.1, 0.15) is 65.7 Å². The number of hydrogen-bond acceptors (Lipinski definition) is 0. The Labute approximate surface area is 84.1 Å². The van der Waals surface area contributed by atoms with Gasteiger partial charge < -0.3 is 0 Å². The molecule has 1 aliphatic rings. The molecular formula is C13H26. The topological polar surface area (TPSA) is 0 Å². The second-order valence-electron chi connectivity index (χ2n) is 4.97. The zero-order valence-corrected chi connectivity index (χ0v) is 9.68. The summed E-state index contributed by atoms with van der Waals surface area (Å²) in [4.78, 5) is 0. The third-order valence-electron chi connectivity index (χ3n) is 3.98. The van der Waals surface area contributed by atoms with E-state index in [1.807, 2.05) is 0 Å². The van der Waals surface area contributed by atoms with Crippen molar-refractivity contribution in [2.45, 2.75) is 65.7 Å². The van der Waals surface area contributed by atoms with Crippen molar-refractivity contribution in [1.29, 1.82) is 0 Å². The lowest BCUT2D eigenvalue weighted by Gasteiger charge is -2.34. The highest BCUT2D eigenvalue weighted by molar-refractivity contribution is 4.77. The van der Waals surface area contributed by atoms with Gasteiger partial charge in [0.25, 0.3) is 0 Å². The van der Waals surface area contributed by atoms with Crippen LogP contribution in [0.25, 0.3) is 0 Å². The van der Waals surface area contributed by atoms with Gasteiger partial charge in [-0.05, 0) is 24.2 Å². The molecule has 3 unspecified atom stereocenters. The molecule has 0 aromatic carbocycles. The molecule has 3 atom stereocenters. The summed E-state index contributed by atoms with van der Waals surface area (Å²) >= 11 is 0. The molecule has 0 aromatic heterocycles. The molecule has 0 radical (unpaired) electrons. The molecule has 1 rings (SSSR count). The van der Waals surface area contributed by atoms with Gasteiger partial charge in [0.1, 0.15) is 0 Å². The van der Waals surface area contributed by atoms with Gasteiger partial charge in [0.05, 0.1) is 0 Å². The minimum atomic E-state index is 1.01. The summed E-state index contributed by atoms with van der Waals surface area (Å²) in [5, 5.41) is 0. The fourth-order valence-electron chi connectivity index (χ4n) is 2.75. The van der Waals surface area contributed by atoms with Crippen LogP contribution >= 0.6 is 0 Å². The Kier molecular flexibility index (Phi) is 4.83. The average Bonchev–Trinajstić information content (AvgIpc) is 2.17. The molecule has 0 nitrogen and oxygen atoms in total. The van der Waals surface area contributed by atoms with Crippen LogP contribution in [-0.2, 0) is 0 Å². The van der Waals surface area contributed by atoms with E-state index in [1.54, 1.807) is 0 Å². The number of unbranched alkanes of at least 4 members (excludes halogenated alkanes) is 1. The van der Waals surface area contributed by atoms with Gasteiger partial charge >= 0.3 is 0 Å². The summed E-state index contributed by atoms with van der Waals surface area (Å²) in [5.74, 6) is 3.12. The Balaban J connectivity index is 2.31. The molecule has 0 aromatic rings. The standard InChI is InChI=1S/C13H26/c1-4-6-7-13-10-12(5-2)9-8-11(13)3/h11-13H,4-10H2,1-3H3. The Bertz CT molecular complexity index is 128. The van der Waals surface area contributed by atoms with E-state index < -0.39 is 0 Å². The molecule has 0 heteroatoms. The van der Waals surface area contributed by atoms with Gasteiger partial charge in [-0.2, -0.15) is 0 Å². The maximum Gasteiger partial charge on any atom is -0.0386 e. The molecule has 0 bridgehead atoms. The molecule has 1 fully saturated rings. The summed E-state index contributed by atoms with van der Waals surface area (Å²) < 4.78 is 0. The van der Waals surface area contributed by atoms with E-state index in [9.17, 15) is 0 Å². The maximum atomic E-state index is 2.46. The minimum Gasteiger partial charge on any atom is -0.0654 e. The van der Waals surface area contributed by atoms with Crippen LogP contribution in [0.2, 0.25) is 0 Å². The first-order valence-electron chi connectivity index (χ1n) is 6.27. The Morgan fingerprint density at radius 2 is 1.92 bits per heavy atom. The van der Waals surface area contributed by atoms with Crippen molar-refractivity contribution >= 4 is 0 Å². The molecule has 1 saturated carbocycles. The normalized spacial score (nSPS) is 34.8. The smallest absolute Gasteiger partial charge is 0.0386 e. The van der Waals surface area contributed by atoms with Gasteiger partial charge in [0.15, 0.2) is 0 Å². The van der Waals surface area contributed by atoms with E-state index in [2.05, 4.69) is 20.8 Å². The molecule has 0 spiro atoms. The van der Waals surface area contributed by atoms with Gasteiger partial charge in [-0.25, -0.2) is 0 Å². The second kappa shape index (κ2) is 5.67. The SMILES string of the molecule is CCCCC1CC(CC)CCC1C. The number of rotatable bonds is 4. The lowest BCUT2D eigenvalue weighted by Crippen LogP contribution is -2.22. The zero-order chi connectivity index (χ0) is 9.68. The number of hydrogen-bond donors (Lipinski definition) is 0. The van der Waals surface area contributed by atoms with Crippen LogP contribution in [-0.4, -0.2) is 0 Å². The molecular weight excluding hydrogens is 156 g/mol. The summed E-state index contributed by atoms with van der Waals surface area (Å²) in [6.45, 7) is 7.13. The molecule has 0 aliphatic heterocycles. The Morgan fingerprint density at radius 3 is 2.54 bits per heavy atom. The van der Waals surface area contributed by atoms with E-state index in [1.165, 1.54) is 44.9 Å². The predicted molar refractivity (Wildman–Crippen MR) is 59.8 cm³/mol. The summed E-state index contributed by atoms with van der Waals surface area (Å²) in [7, 11) is 0. The molecule has 0 amide bonds. The first-order chi connectivity index (χ1) is 6.27. The quantitative estimate of drug-likeness (QED) is 0.594. The fourth-order valence-corrected chi connectivity index (χ4v) is 2.75. The first-order valence-corrected chi connectivity index (χ1v) is 6.27. The van der Waals surface area contributed by atoms with Crippen LogP contribution in [0.3, 0.4) is 0 Å². The van der Waals surface area contributed by atoms with Crippen LogP contribution in [0.15, 0.2) is 0 Å². The molecule has 13 heavy (non-hydrogen) atoms. The molecule has 0 heterocycles. The van der Waals surface area contributed by atoms with Crippen molar-refractivity contribution in [2.24, 2.45) is 17.8 Å². The van der Waals surface area contributed by atoms with E-state index >= 15 is 0 Å². The van der Waals surface area contributed by atoms with Crippen LogP contribution in [0.5, 0.6) is 0 Å². The van der Waals surface area contributed by atoms with E-state index in [0.717, 1.165) is 17.8 Å². The summed E-state index contributed by atoms with van der Waals surface area (Å²) in [6.07, 6.45) is 10.2. The minimum absolute atomic E-state index is 1.01. The molecule has 1 aliphatic carbocycles. The van der Waals surface area contributed by atoms with Crippen molar-refractivity contribution in [3.05, 3.63) is 0 Å². The maximum absolute atomic E-state index is 2.46. The highest BCUT2D eigenvalue weighted by Crippen LogP contribution is 2.37. The Hall–Kier alpha value is 0. The molecule has 0 saturated heterocycles. The Morgan fingerprint density at radius 1 is 1.15 bits per heavy atom. The van der Waals surface area contributed by atoms with Crippen molar-refractivity contribution in [1.82, 2.24) is 0 Å². The first kappa shape index (κ1) is 11.1. The average molecular weight is 182 g/mol. The van der Waals surface area contributed by atoms with Crippen LogP contribution < -0.4 is 0 Å². The van der Waals surface area contributed by atoms with Crippen molar-refractivity contribution in [2.75, 3.05) is 0 Å². The predicted octanol–water partition coefficient (Wildman–Crippen LogP) is 4.64. The van der Waals surface area contributed by atoms with E-state index in [4.69, 9.17) is 0 Å². The van der Waals surface area contributed by atoms with Gasteiger partial charge in [-0.3, -0.25) is 0 Å². The summed E-state index contributed by atoms with van der Waals surface area (Å²) in [5.41, 5.74) is 0. The van der Waals surface area contributed by atoms with Crippen molar-refractivity contribution in [3.63, 3.8) is 0 Å². The van der Waals surface area contributed by atoms with Crippen LogP contribution in [0, 0.1) is 17.8 Å². The van der Waals surface area contributed by atoms with Crippen molar-refractivity contribution in [3.8, 4) is 0 Å².